The zero-order valence-electron chi connectivity index (χ0n) is 15.2. The molecule has 1 aliphatic rings. The van der Waals surface area contributed by atoms with E-state index in [1.54, 1.807) is 60.7 Å². The third-order valence-corrected chi connectivity index (χ3v) is 5.39. The first-order valence-electron chi connectivity index (χ1n) is 8.62. The number of fused-ring (bicyclic) bond motifs is 1. The summed E-state index contributed by atoms with van der Waals surface area (Å²) in [5, 5.41) is 0. The largest absolute Gasteiger partial charge is 0.524 e. The molecule has 4 rings (SSSR count). The molecule has 1 aliphatic heterocycles. The van der Waals surface area contributed by atoms with Gasteiger partial charge in [0.1, 0.15) is 11.5 Å². The van der Waals surface area contributed by atoms with Crippen LogP contribution < -0.4 is 9.05 Å². The van der Waals surface area contributed by atoms with Crippen molar-refractivity contribution < 1.29 is 37.5 Å². The van der Waals surface area contributed by atoms with Crippen molar-refractivity contribution in [3.05, 3.63) is 95.1 Å². The molecule has 152 valence electrons. The fourth-order valence-electron chi connectivity index (χ4n) is 3.49. The molecule has 2 N–H and O–H groups in total. The Kier molecular flexibility index (Phi) is 5.18. The highest BCUT2D eigenvalue weighted by Crippen LogP contribution is 2.48. The average Bonchev–Trinajstić information content (AvgIpc) is 3.02. The van der Waals surface area contributed by atoms with Crippen LogP contribution in [0.5, 0.6) is 11.5 Å². The molecule has 3 aromatic carbocycles. The van der Waals surface area contributed by atoms with Gasteiger partial charge in [0.15, 0.2) is 5.60 Å². The van der Waals surface area contributed by atoms with Gasteiger partial charge in [-0.3, -0.25) is 9.79 Å². The molecule has 0 radical (unpaired) electrons. The Bertz CT molecular complexity index is 1150. The predicted molar refractivity (Wildman–Crippen MR) is 106 cm³/mol. The fourth-order valence-corrected chi connectivity index (χ4v) is 4.10. The van der Waals surface area contributed by atoms with Crippen LogP contribution in [-0.4, -0.2) is 15.8 Å². The Morgan fingerprint density at radius 1 is 0.867 bits per heavy atom. The summed E-state index contributed by atoms with van der Waals surface area (Å²) < 4.78 is 37.2. The van der Waals surface area contributed by atoms with E-state index in [-0.39, 0.29) is 5.75 Å². The molecule has 30 heavy (non-hydrogen) atoms. The second-order valence-electron chi connectivity index (χ2n) is 6.41. The number of hydrogen-bond donors (Lipinski definition) is 2. The Morgan fingerprint density at radius 3 is 2.00 bits per heavy atom. The second-order valence-corrected chi connectivity index (χ2v) is 7.91. The lowest BCUT2D eigenvalue weighted by molar-refractivity contribution is 0.0251. The number of ether oxygens (including phenoxy) is 1. The maximum Gasteiger partial charge on any atom is 0.524 e. The Balaban J connectivity index is 1.87. The van der Waals surface area contributed by atoms with Crippen LogP contribution in [0.4, 0.5) is 0 Å². The summed E-state index contributed by atoms with van der Waals surface area (Å²) >= 11 is 0. The molecular weight excluding hydrogens is 430 g/mol. The summed E-state index contributed by atoms with van der Waals surface area (Å²) in [5.41, 5.74) is 0.900. The van der Waals surface area contributed by atoms with Gasteiger partial charge in [0, 0.05) is 16.7 Å². The standard InChI is InChI=1S/C20H14O8P2/c21-19-17-3-1-2-4-18(17)20(26-19,13-5-9-15(10-6-13)27-29-22)14-7-11-16(12-8-14)28-30(23,24)25/h1-12H,(H2,23,24,25). The molecule has 8 nitrogen and oxygen atoms in total. The minimum atomic E-state index is -4.70. The van der Waals surface area contributed by atoms with Crippen molar-refractivity contribution in [2.24, 2.45) is 0 Å². The number of hydrogen-bond acceptors (Lipinski definition) is 6. The molecule has 0 spiro atoms. The van der Waals surface area contributed by atoms with Gasteiger partial charge in [0.2, 0.25) is 0 Å². The van der Waals surface area contributed by atoms with E-state index in [4.69, 9.17) is 19.0 Å². The summed E-state index contributed by atoms with van der Waals surface area (Å²) in [6.45, 7) is 0. The van der Waals surface area contributed by atoms with Gasteiger partial charge in [-0.15, -0.1) is 0 Å². The van der Waals surface area contributed by atoms with Gasteiger partial charge in [-0.1, -0.05) is 42.5 Å². The second kappa shape index (κ2) is 7.67. The fraction of sp³-hybridized carbons (Fsp3) is 0.0500. The van der Waals surface area contributed by atoms with Crippen molar-refractivity contribution in [3.8, 4) is 11.5 Å². The topological polar surface area (TPSA) is 119 Å². The minimum absolute atomic E-state index is 0.0296. The van der Waals surface area contributed by atoms with Crippen LogP contribution in [-0.2, 0) is 19.5 Å². The van der Waals surface area contributed by atoms with E-state index in [0.29, 0.717) is 28.0 Å². The van der Waals surface area contributed by atoms with Crippen molar-refractivity contribution in [1.82, 2.24) is 0 Å². The molecule has 10 heteroatoms. The van der Waals surface area contributed by atoms with Gasteiger partial charge in [-0.05, 0) is 30.3 Å². The third kappa shape index (κ3) is 3.62. The molecule has 1 unspecified atom stereocenters. The van der Waals surface area contributed by atoms with Crippen LogP contribution in [0.2, 0.25) is 0 Å². The first kappa shape index (κ1) is 20.3. The van der Waals surface area contributed by atoms with E-state index in [9.17, 15) is 13.9 Å². The van der Waals surface area contributed by atoms with Gasteiger partial charge < -0.3 is 13.8 Å². The minimum Gasteiger partial charge on any atom is -0.441 e. The molecular formula is C20H14O8P2. The van der Waals surface area contributed by atoms with Crippen LogP contribution in [0, 0.1) is 0 Å². The van der Waals surface area contributed by atoms with Crippen LogP contribution in [0.15, 0.2) is 72.8 Å². The van der Waals surface area contributed by atoms with Gasteiger partial charge >= 0.3 is 22.5 Å². The first-order valence-corrected chi connectivity index (χ1v) is 10.9. The maximum atomic E-state index is 12.6. The molecule has 0 amide bonds. The van der Waals surface area contributed by atoms with Gasteiger partial charge in [0.05, 0.1) is 5.56 Å². The Labute approximate surface area is 172 Å². The van der Waals surface area contributed by atoms with Crippen molar-refractivity contribution in [2.45, 2.75) is 5.60 Å². The van der Waals surface area contributed by atoms with Crippen molar-refractivity contribution >= 4 is 22.5 Å². The number of cyclic esters (lactones) is 1. The van der Waals surface area contributed by atoms with E-state index in [0.717, 1.165) is 0 Å². The SMILES string of the molecule is O=POc1ccc(C2(c3ccc(OP(=O)(O)O)cc3)OC(=O)c3ccccc32)cc1. The van der Waals surface area contributed by atoms with Gasteiger partial charge in [-0.25, -0.2) is 13.9 Å². The van der Waals surface area contributed by atoms with Crippen LogP contribution in [0.1, 0.15) is 27.0 Å². The number of carbonyl (C=O) groups is 1. The smallest absolute Gasteiger partial charge is 0.441 e. The molecule has 0 aliphatic carbocycles. The van der Waals surface area contributed by atoms with Crippen molar-refractivity contribution in [2.75, 3.05) is 0 Å². The molecule has 0 aromatic heterocycles. The lowest BCUT2D eigenvalue weighted by Gasteiger charge is -2.30. The highest BCUT2D eigenvalue weighted by molar-refractivity contribution is 7.46. The number of phosphoric acid groups is 1. The molecule has 0 saturated carbocycles. The monoisotopic (exact) mass is 444 g/mol. The lowest BCUT2D eigenvalue weighted by Crippen LogP contribution is -2.29. The molecule has 3 aromatic rings. The first-order chi connectivity index (χ1) is 14.3. The lowest BCUT2D eigenvalue weighted by atomic mass is 9.80. The summed E-state index contributed by atoms with van der Waals surface area (Å²) in [6.07, 6.45) is 0. The van der Waals surface area contributed by atoms with E-state index in [1.807, 2.05) is 0 Å². The van der Waals surface area contributed by atoms with E-state index in [1.165, 1.54) is 12.1 Å². The quantitative estimate of drug-likeness (QED) is 0.429. The molecule has 0 fully saturated rings. The van der Waals surface area contributed by atoms with Crippen LogP contribution in [0.25, 0.3) is 0 Å². The van der Waals surface area contributed by atoms with Crippen LogP contribution >= 0.6 is 16.5 Å². The zero-order chi connectivity index (χ0) is 21.4. The number of phosphoric ester groups is 1. The van der Waals surface area contributed by atoms with E-state index >= 15 is 0 Å². The molecule has 0 bridgehead atoms. The zero-order valence-corrected chi connectivity index (χ0v) is 17.0. The van der Waals surface area contributed by atoms with Crippen molar-refractivity contribution in [3.63, 3.8) is 0 Å². The highest BCUT2D eigenvalue weighted by Gasteiger charge is 2.48. The van der Waals surface area contributed by atoms with Crippen molar-refractivity contribution in [1.29, 1.82) is 0 Å². The van der Waals surface area contributed by atoms with Gasteiger partial charge in [0.25, 0.3) is 0 Å². The van der Waals surface area contributed by atoms with Gasteiger partial charge in [-0.2, -0.15) is 0 Å². The summed E-state index contributed by atoms with van der Waals surface area (Å²) in [7, 11) is -5.19. The normalized spacial score (nSPS) is 18.0. The van der Waals surface area contributed by atoms with E-state index in [2.05, 4.69) is 4.52 Å². The number of rotatable bonds is 6. The third-order valence-electron chi connectivity index (χ3n) is 4.66. The average molecular weight is 444 g/mol. The Morgan fingerprint density at radius 2 is 1.43 bits per heavy atom. The summed E-state index contributed by atoms with van der Waals surface area (Å²) in [5.74, 6) is -0.161. The number of benzene rings is 3. The van der Waals surface area contributed by atoms with Crippen LogP contribution in [0.3, 0.4) is 0 Å². The summed E-state index contributed by atoms with van der Waals surface area (Å²) in [4.78, 5) is 30.6. The number of carbonyl (C=O) groups excluding carboxylic acids is 1. The predicted octanol–water partition coefficient (Wildman–Crippen LogP) is 4.21. The molecule has 1 atom stereocenters. The number of esters is 1. The summed E-state index contributed by atoms with van der Waals surface area (Å²) in [6, 6.07) is 19.5. The van der Waals surface area contributed by atoms with E-state index < -0.39 is 28.1 Å². The molecule has 0 saturated heterocycles. The molecule has 1 heterocycles. The maximum absolute atomic E-state index is 12.6. The highest BCUT2D eigenvalue weighted by atomic mass is 31.2. The Hall–Kier alpha value is -3.02.